The molecule has 0 unspecified atom stereocenters. The van der Waals surface area contributed by atoms with Crippen molar-refractivity contribution in [2.24, 2.45) is 5.92 Å². The zero-order valence-corrected chi connectivity index (χ0v) is 16.9. The summed E-state index contributed by atoms with van der Waals surface area (Å²) in [6.45, 7) is 2.19. The SMILES string of the molecule is COc1cccc(-n2cc(C(=O)N[C@H]3CCCC[C@@H]3C)c3ccccc3c2=O)c1. The fourth-order valence-electron chi connectivity index (χ4n) is 4.20. The Labute approximate surface area is 170 Å². The minimum Gasteiger partial charge on any atom is -0.497 e. The Morgan fingerprint density at radius 1 is 1.07 bits per heavy atom. The van der Waals surface area contributed by atoms with E-state index in [-0.39, 0.29) is 17.5 Å². The van der Waals surface area contributed by atoms with Crippen LogP contribution < -0.4 is 15.6 Å². The Hall–Kier alpha value is -3.08. The zero-order valence-electron chi connectivity index (χ0n) is 16.9. The van der Waals surface area contributed by atoms with Crippen molar-refractivity contribution in [2.45, 2.75) is 38.6 Å². The summed E-state index contributed by atoms with van der Waals surface area (Å²) in [4.78, 5) is 26.4. The van der Waals surface area contributed by atoms with Crippen molar-refractivity contribution < 1.29 is 9.53 Å². The van der Waals surface area contributed by atoms with E-state index in [2.05, 4.69) is 12.2 Å². The van der Waals surface area contributed by atoms with Crippen LogP contribution in [-0.4, -0.2) is 23.6 Å². The van der Waals surface area contributed by atoms with Gasteiger partial charge in [-0.25, -0.2) is 0 Å². The topological polar surface area (TPSA) is 60.3 Å². The molecule has 0 radical (unpaired) electrons. The summed E-state index contributed by atoms with van der Waals surface area (Å²) >= 11 is 0. The van der Waals surface area contributed by atoms with Crippen molar-refractivity contribution in [1.82, 2.24) is 9.88 Å². The average molecular weight is 390 g/mol. The van der Waals surface area contributed by atoms with E-state index in [9.17, 15) is 9.59 Å². The molecule has 1 fully saturated rings. The molecule has 29 heavy (non-hydrogen) atoms. The normalized spacial score (nSPS) is 19.1. The van der Waals surface area contributed by atoms with Crippen LogP contribution in [0.2, 0.25) is 0 Å². The predicted molar refractivity (Wildman–Crippen MR) is 115 cm³/mol. The predicted octanol–water partition coefficient (Wildman–Crippen LogP) is 4.31. The van der Waals surface area contributed by atoms with Gasteiger partial charge in [0.25, 0.3) is 11.5 Å². The van der Waals surface area contributed by atoms with E-state index in [1.54, 1.807) is 25.4 Å². The molecule has 5 nitrogen and oxygen atoms in total. The molecule has 2 aromatic carbocycles. The lowest BCUT2D eigenvalue weighted by Crippen LogP contribution is -2.41. The Morgan fingerprint density at radius 3 is 2.59 bits per heavy atom. The molecule has 1 aromatic heterocycles. The van der Waals surface area contributed by atoms with Crippen LogP contribution in [0.15, 0.2) is 59.5 Å². The van der Waals surface area contributed by atoms with Crippen molar-refractivity contribution in [3.63, 3.8) is 0 Å². The Kier molecular flexibility index (Phi) is 5.38. The highest BCUT2D eigenvalue weighted by atomic mass is 16.5. The van der Waals surface area contributed by atoms with Gasteiger partial charge in [-0.05, 0) is 37.0 Å². The molecule has 3 aromatic rings. The number of carbonyl (C=O) groups is 1. The fraction of sp³-hybridized carbons (Fsp3) is 0.333. The van der Waals surface area contributed by atoms with E-state index in [0.717, 1.165) is 19.3 Å². The van der Waals surface area contributed by atoms with Crippen LogP contribution in [0.25, 0.3) is 16.5 Å². The highest BCUT2D eigenvalue weighted by molar-refractivity contribution is 6.06. The smallest absolute Gasteiger partial charge is 0.262 e. The van der Waals surface area contributed by atoms with Crippen molar-refractivity contribution in [1.29, 1.82) is 0 Å². The van der Waals surface area contributed by atoms with E-state index in [4.69, 9.17) is 4.74 Å². The standard InChI is InChI=1S/C24H26N2O3/c1-16-8-3-6-13-22(16)25-23(27)21-15-26(17-9-7-10-18(14-17)29-2)24(28)20-12-5-4-11-19(20)21/h4-5,7,9-12,14-16,22H,3,6,8,13H2,1-2H3,(H,25,27)/t16-,22-/m0/s1. The van der Waals surface area contributed by atoms with Gasteiger partial charge in [0.15, 0.2) is 0 Å². The number of pyridine rings is 1. The summed E-state index contributed by atoms with van der Waals surface area (Å²) in [5.74, 6) is 0.990. The molecular formula is C24H26N2O3. The number of hydrogen-bond acceptors (Lipinski definition) is 3. The van der Waals surface area contributed by atoms with Crippen LogP contribution in [0.5, 0.6) is 5.75 Å². The number of carbonyl (C=O) groups excluding carboxylic acids is 1. The second kappa shape index (κ2) is 8.11. The summed E-state index contributed by atoms with van der Waals surface area (Å²) < 4.78 is 6.83. The van der Waals surface area contributed by atoms with Gasteiger partial charge in [-0.2, -0.15) is 0 Å². The molecular weight excluding hydrogens is 364 g/mol. The number of ether oxygens (including phenoxy) is 1. The quantitative estimate of drug-likeness (QED) is 0.722. The molecule has 0 spiro atoms. The van der Waals surface area contributed by atoms with Gasteiger partial charge in [-0.15, -0.1) is 0 Å². The van der Waals surface area contributed by atoms with Crippen LogP contribution in [0.4, 0.5) is 0 Å². The van der Waals surface area contributed by atoms with Crippen molar-refractivity contribution >= 4 is 16.7 Å². The van der Waals surface area contributed by atoms with Crippen LogP contribution in [0, 0.1) is 5.92 Å². The minimum absolute atomic E-state index is 0.128. The summed E-state index contributed by atoms with van der Waals surface area (Å²) in [5, 5.41) is 4.42. The van der Waals surface area contributed by atoms with Gasteiger partial charge in [0.1, 0.15) is 5.75 Å². The number of hydrogen-bond donors (Lipinski definition) is 1. The first kappa shape index (κ1) is 19.2. The van der Waals surface area contributed by atoms with Crippen LogP contribution in [0.3, 0.4) is 0 Å². The van der Waals surface area contributed by atoms with Gasteiger partial charge in [0.2, 0.25) is 0 Å². The molecule has 1 amide bonds. The summed E-state index contributed by atoms with van der Waals surface area (Å²) in [6, 6.07) is 14.8. The first-order valence-corrected chi connectivity index (χ1v) is 10.2. The fourth-order valence-corrected chi connectivity index (χ4v) is 4.20. The lowest BCUT2D eigenvalue weighted by molar-refractivity contribution is 0.0911. The number of nitrogens with one attached hydrogen (secondary N) is 1. The highest BCUT2D eigenvalue weighted by Gasteiger charge is 2.24. The molecule has 1 aliphatic rings. The van der Waals surface area contributed by atoms with Gasteiger partial charge in [-0.1, -0.05) is 44.0 Å². The lowest BCUT2D eigenvalue weighted by Gasteiger charge is -2.29. The molecule has 0 saturated heterocycles. The Balaban J connectivity index is 1.81. The molecule has 0 aliphatic heterocycles. The van der Waals surface area contributed by atoms with E-state index in [1.807, 2.05) is 36.4 Å². The summed E-state index contributed by atoms with van der Waals surface area (Å²) in [5.41, 5.74) is 1.03. The molecule has 1 N–H and O–H groups in total. The third-order valence-electron chi connectivity index (χ3n) is 5.93. The maximum absolute atomic E-state index is 13.2. The number of nitrogens with zero attached hydrogens (tertiary/aromatic N) is 1. The number of fused-ring (bicyclic) bond motifs is 1. The van der Waals surface area contributed by atoms with Crippen LogP contribution in [-0.2, 0) is 0 Å². The molecule has 1 heterocycles. The Morgan fingerprint density at radius 2 is 1.83 bits per heavy atom. The molecule has 4 rings (SSSR count). The zero-order chi connectivity index (χ0) is 20.4. The van der Waals surface area contributed by atoms with E-state index < -0.39 is 0 Å². The third-order valence-corrected chi connectivity index (χ3v) is 5.93. The summed E-state index contributed by atoms with van der Waals surface area (Å²) in [7, 11) is 1.59. The maximum atomic E-state index is 13.2. The lowest BCUT2D eigenvalue weighted by atomic mass is 9.86. The first-order chi connectivity index (χ1) is 14.1. The average Bonchev–Trinajstić information content (AvgIpc) is 2.76. The Bertz CT molecular complexity index is 1100. The molecule has 1 aliphatic carbocycles. The molecule has 1 saturated carbocycles. The van der Waals surface area contributed by atoms with Crippen molar-refractivity contribution in [2.75, 3.05) is 7.11 Å². The van der Waals surface area contributed by atoms with E-state index >= 15 is 0 Å². The van der Waals surface area contributed by atoms with Crippen molar-refractivity contribution in [3.8, 4) is 11.4 Å². The highest BCUT2D eigenvalue weighted by Crippen LogP contribution is 2.25. The molecule has 5 heteroatoms. The van der Waals surface area contributed by atoms with Gasteiger partial charge >= 0.3 is 0 Å². The monoisotopic (exact) mass is 390 g/mol. The maximum Gasteiger partial charge on any atom is 0.262 e. The van der Waals surface area contributed by atoms with Crippen molar-refractivity contribution in [3.05, 3.63) is 70.6 Å². The number of amides is 1. The molecule has 2 atom stereocenters. The molecule has 0 bridgehead atoms. The van der Waals surface area contributed by atoms with Gasteiger partial charge < -0.3 is 10.1 Å². The number of methoxy groups -OCH3 is 1. The van der Waals surface area contributed by atoms with E-state index in [1.165, 1.54) is 11.0 Å². The first-order valence-electron chi connectivity index (χ1n) is 10.2. The second-order valence-electron chi connectivity index (χ2n) is 7.81. The number of aromatic nitrogens is 1. The largest absolute Gasteiger partial charge is 0.497 e. The van der Waals surface area contributed by atoms with Gasteiger partial charge in [-0.3, -0.25) is 14.2 Å². The second-order valence-corrected chi connectivity index (χ2v) is 7.81. The minimum atomic E-state index is -0.156. The number of benzene rings is 2. The van der Waals surface area contributed by atoms with E-state index in [0.29, 0.717) is 33.7 Å². The van der Waals surface area contributed by atoms with Gasteiger partial charge in [0.05, 0.1) is 18.4 Å². The number of rotatable bonds is 4. The molecule has 150 valence electrons. The summed E-state index contributed by atoms with van der Waals surface area (Å²) in [6.07, 6.45) is 6.15. The van der Waals surface area contributed by atoms with Crippen LogP contribution in [0.1, 0.15) is 43.0 Å². The van der Waals surface area contributed by atoms with Crippen LogP contribution >= 0.6 is 0 Å². The third kappa shape index (κ3) is 3.77. The van der Waals surface area contributed by atoms with Gasteiger partial charge in [0, 0.05) is 29.1 Å².